The first kappa shape index (κ1) is 25.1. The fourth-order valence-corrected chi connectivity index (χ4v) is 4.97. The quantitative estimate of drug-likeness (QED) is 0.340. The van der Waals surface area contributed by atoms with Crippen LogP contribution in [0.2, 0.25) is 0 Å². The summed E-state index contributed by atoms with van der Waals surface area (Å²) in [4.78, 5) is 25.4. The van der Waals surface area contributed by atoms with Crippen molar-refractivity contribution in [2.24, 2.45) is 0 Å². The number of carboxylic acid groups (broad SMARTS) is 1. The fraction of sp³-hybridized carbons (Fsp3) is 0.120. The SMILES string of the molecule is O=C(O)C(NS(=O)(=O)c1ccc(Cc2ccc3[nH]c(=O)cc(C(F)(F)F)c3c2)cc1)c1ccccc1. The summed E-state index contributed by atoms with van der Waals surface area (Å²) in [6.45, 7) is 0. The van der Waals surface area contributed by atoms with Crippen molar-refractivity contribution in [1.29, 1.82) is 0 Å². The van der Waals surface area contributed by atoms with Gasteiger partial charge in [0.25, 0.3) is 0 Å². The maximum Gasteiger partial charge on any atom is 0.417 e. The molecule has 7 nitrogen and oxygen atoms in total. The molecule has 0 aliphatic carbocycles. The molecule has 1 aromatic heterocycles. The second-order valence-corrected chi connectivity index (χ2v) is 9.76. The summed E-state index contributed by atoms with van der Waals surface area (Å²) in [5.41, 5.74) is -0.445. The molecule has 0 aliphatic heterocycles. The summed E-state index contributed by atoms with van der Waals surface area (Å²) < 4.78 is 68.0. The second kappa shape index (κ2) is 9.59. The van der Waals surface area contributed by atoms with Crippen LogP contribution in [0.4, 0.5) is 13.2 Å². The Morgan fingerprint density at radius 2 is 1.58 bits per heavy atom. The molecule has 3 N–H and O–H groups in total. The number of nitrogens with one attached hydrogen (secondary N) is 2. The summed E-state index contributed by atoms with van der Waals surface area (Å²) in [6, 6.07) is 16.7. The zero-order valence-electron chi connectivity index (χ0n) is 18.4. The average molecular weight is 516 g/mol. The van der Waals surface area contributed by atoms with E-state index in [1.165, 1.54) is 48.5 Å². The average Bonchev–Trinajstić information content (AvgIpc) is 2.82. The van der Waals surface area contributed by atoms with E-state index in [-0.39, 0.29) is 27.8 Å². The van der Waals surface area contributed by atoms with Crippen molar-refractivity contribution in [1.82, 2.24) is 9.71 Å². The second-order valence-electron chi connectivity index (χ2n) is 8.05. The first-order valence-electron chi connectivity index (χ1n) is 10.6. The van der Waals surface area contributed by atoms with Crippen molar-refractivity contribution in [2.45, 2.75) is 23.5 Å². The number of aromatic nitrogens is 1. The largest absolute Gasteiger partial charge is 0.480 e. The van der Waals surface area contributed by atoms with Gasteiger partial charge in [0, 0.05) is 17.0 Å². The van der Waals surface area contributed by atoms with Crippen LogP contribution >= 0.6 is 0 Å². The molecule has 0 fully saturated rings. The van der Waals surface area contributed by atoms with Gasteiger partial charge in [-0.2, -0.15) is 17.9 Å². The lowest BCUT2D eigenvalue weighted by Crippen LogP contribution is -2.33. The van der Waals surface area contributed by atoms with Crippen molar-refractivity contribution in [3.63, 3.8) is 0 Å². The number of aliphatic carboxylic acids is 1. The van der Waals surface area contributed by atoms with Crippen molar-refractivity contribution in [3.8, 4) is 0 Å². The van der Waals surface area contributed by atoms with Crippen molar-refractivity contribution < 1.29 is 31.5 Å². The summed E-state index contributed by atoms with van der Waals surface area (Å²) >= 11 is 0. The van der Waals surface area contributed by atoms with Crippen molar-refractivity contribution >= 4 is 26.9 Å². The van der Waals surface area contributed by atoms with E-state index in [9.17, 15) is 36.3 Å². The zero-order valence-corrected chi connectivity index (χ0v) is 19.2. The van der Waals surface area contributed by atoms with Crippen LogP contribution in [0, 0.1) is 0 Å². The first-order chi connectivity index (χ1) is 16.9. The number of aromatic amines is 1. The molecule has 0 saturated carbocycles. The third kappa shape index (κ3) is 5.47. The molecule has 186 valence electrons. The third-order valence-electron chi connectivity index (χ3n) is 5.51. The lowest BCUT2D eigenvalue weighted by atomic mass is 10.0. The van der Waals surface area contributed by atoms with Gasteiger partial charge in [0.05, 0.1) is 10.5 Å². The fourth-order valence-electron chi connectivity index (χ4n) is 3.80. The molecule has 1 atom stereocenters. The minimum Gasteiger partial charge on any atom is -0.480 e. The van der Waals surface area contributed by atoms with E-state index in [1.54, 1.807) is 24.3 Å². The van der Waals surface area contributed by atoms with Crippen LogP contribution in [0.5, 0.6) is 0 Å². The number of carboxylic acids is 1. The Hall–Kier alpha value is -3.96. The van der Waals surface area contributed by atoms with Gasteiger partial charge in [-0.25, -0.2) is 8.42 Å². The predicted octanol–water partition coefficient (Wildman–Crippen LogP) is 4.24. The highest BCUT2D eigenvalue weighted by Gasteiger charge is 2.33. The number of fused-ring (bicyclic) bond motifs is 1. The van der Waals surface area contributed by atoms with Gasteiger partial charge in [-0.15, -0.1) is 0 Å². The molecule has 0 spiro atoms. The number of rotatable bonds is 7. The Morgan fingerprint density at radius 3 is 2.19 bits per heavy atom. The standard InChI is InChI=1S/C25H19F3N2O5S/c26-25(27,28)20-14-22(31)29-21-11-8-16(13-19(20)21)12-15-6-9-18(10-7-15)36(34,35)30-23(24(32)33)17-4-2-1-3-5-17/h1-11,13-14,23,30H,12H2,(H,29,31)(H,32,33). The highest BCUT2D eigenvalue weighted by atomic mass is 32.2. The molecule has 4 aromatic rings. The molecule has 0 amide bonds. The smallest absolute Gasteiger partial charge is 0.417 e. The van der Waals surface area contributed by atoms with E-state index in [0.717, 1.165) is 0 Å². The number of sulfonamides is 1. The van der Waals surface area contributed by atoms with Gasteiger partial charge >= 0.3 is 12.1 Å². The highest BCUT2D eigenvalue weighted by molar-refractivity contribution is 7.89. The maximum atomic E-state index is 13.4. The minimum atomic E-state index is -4.71. The van der Waals surface area contributed by atoms with Crippen LogP contribution in [-0.2, 0) is 27.4 Å². The van der Waals surface area contributed by atoms with Crippen LogP contribution in [0.25, 0.3) is 10.9 Å². The molecule has 0 aliphatic rings. The Kier molecular flexibility index (Phi) is 6.70. The molecular weight excluding hydrogens is 497 g/mol. The van der Waals surface area contributed by atoms with Gasteiger partial charge in [-0.05, 0) is 47.4 Å². The Bertz CT molecular complexity index is 1580. The van der Waals surface area contributed by atoms with Crippen LogP contribution in [0.1, 0.15) is 28.3 Å². The number of pyridine rings is 1. The summed E-state index contributed by atoms with van der Waals surface area (Å²) in [5.74, 6) is -1.36. The number of alkyl halides is 3. The lowest BCUT2D eigenvalue weighted by Gasteiger charge is -2.15. The van der Waals surface area contributed by atoms with E-state index in [4.69, 9.17) is 0 Å². The predicted molar refractivity (Wildman–Crippen MR) is 126 cm³/mol. The van der Waals surface area contributed by atoms with E-state index < -0.39 is 39.3 Å². The van der Waals surface area contributed by atoms with Gasteiger partial charge in [-0.1, -0.05) is 48.5 Å². The van der Waals surface area contributed by atoms with Crippen LogP contribution in [0.3, 0.4) is 0 Å². The molecule has 0 bridgehead atoms. The van der Waals surface area contributed by atoms with Crippen LogP contribution < -0.4 is 10.3 Å². The molecule has 1 unspecified atom stereocenters. The Balaban J connectivity index is 1.58. The number of benzene rings is 3. The molecular formula is C25H19F3N2O5S. The van der Waals surface area contributed by atoms with Crippen LogP contribution in [-0.4, -0.2) is 24.5 Å². The number of hydrogen-bond donors (Lipinski definition) is 3. The molecule has 3 aromatic carbocycles. The monoisotopic (exact) mass is 516 g/mol. The van der Waals surface area contributed by atoms with Crippen molar-refractivity contribution in [3.05, 3.63) is 111 Å². The lowest BCUT2D eigenvalue weighted by molar-refractivity contribution is -0.139. The van der Waals surface area contributed by atoms with E-state index in [1.807, 2.05) is 0 Å². The molecule has 1 heterocycles. The highest BCUT2D eigenvalue weighted by Crippen LogP contribution is 2.33. The van der Waals surface area contributed by atoms with Crippen molar-refractivity contribution in [2.75, 3.05) is 0 Å². The molecule has 11 heteroatoms. The van der Waals surface area contributed by atoms with Gasteiger partial charge in [0.2, 0.25) is 15.6 Å². The van der Waals surface area contributed by atoms with E-state index >= 15 is 0 Å². The summed E-state index contributed by atoms with van der Waals surface area (Å²) in [7, 11) is -4.19. The van der Waals surface area contributed by atoms with Gasteiger partial charge in [-0.3, -0.25) is 9.59 Å². The maximum absolute atomic E-state index is 13.4. The zero-order chi connectivity index (χ0) is 26.1. The number of H-pyrrole nitrogens is 1. The number of halogens is 3. The van der Waals surface area contributed by atoms with Gasteiger partial charge in [0.15, 0.2) is 0 Å². The molecule has 36 heavy (non-hydrogen) atoms. The minimum absolute atomic E-state index is 0.0532. The third-order valence-corrected chi connectivity index (χ3v) is 6.95. The topological polar surface area (TPSA) is 116 Å². The molecule has 0 radical (unpaired) electrons. The summed E-state index contributed by atoms with van der Waals surface area (Å²) in [5, 5.41) is 9.34. The van der Waals surface area contributed by atoms with E-state index in [2.05, 4.69) is 9.71 Å². The molecule has 0 saturated heterocycles. The first-order valence-corrected chi connectivity index (χ1v) is 12.0. The Labute approximate surface area is 203 Å². The molecule has 4 rings (SSSR count). The van der Waals surface area contributed by atoms with E-state index in [0.29, 0.717) is 17.2 Å². The number of hydrogen-bond acceptors (Lipinski definition) is 4. The summed E-state index contributed by atoms with van der Waals surface area (Å²) in [6.07, 6.45) is -4.51. The van der Waals surface area contributed by atoms with Gasteiger partial charge < -0.3 is 10.1 Å². The van der Waals surface area contributed by atoms with Crippen LogP contribution in [0.15, 0.2) is 88.6 Å². The Morgan fingerprint density at radius 1 is 0.944 bits per heavy atom. The number of carbonyl (C=O) groups is 1. The normalized spacial score (nSPS) is 13.0. The van der Waals surface area contributed by atoms with Gasteiger partial charge in [0.1, 0.15) is 6.04 Å².